The molecule has 0 rings (SSSR count). The molecule has 63 heavy (non-hydrogen) atoms. The number of hydrogen-bond acceptors (Lipinski definition) is 5. The quantitative estimate of drug-likeness (QED) is 0.0309. The predicted octanol–water partition coefficient (Wildman–Crippen LogP) is 16.5. The fourth-order valence-electron chi connectivity index (χ4n) is 9.23. The summed E-state index contributed by atoms with van der Waals surface area (Å²) < 4.78 is 0. The van der Waals surface area contributed by atoms with Crippen LogP contribution >= 0.6 is 0 Å². The lowest BCUT2D eigenvalue weighted by Gasteiger charge is -2.27. The molecule has 5 N–H and O–H groups in total. The standard InChI is InChI=1S/C57H113NO5/c1-3-5-7-9-11-13-15-17-19-21-23-25-26-27-28-29-31-32-34-36-38-40-42-44-46-48-50-54(60)56(62)53(52-59)58-57(63)55(61)51-49-47-45-43-41-39-37-35-33-30-24-22-20-18-16-14-12-10-8-6-4-2/h42,44,53-56,59-62H,3-41,43,45-52H2,1-2H3,(H,58,63)/b44-42+. The lowest BCUT2D eigenvalue weighted by Crippen LogP contribution is -2.53. The van der Waals surface area contributed by atoms with Gasteiger partial charge < -0.3 is 25.7 Å². The predicted molar refractivity (Wildman–Crippen MR) is 275 cm³/mol. The summed E-state index contributed by atoms with van der Waals surface area (Å²) in [5, 5.41) is 44.0. The van der Waals surface area contributed by atoms with Crippen LogP contribution in [0.2, 0.25) is 0 Å². The summed E-state index contributed by atoms with van der Waals surface area (Å²) in [6.45, 7) is 4.09. The number of carbonyl (C=O) groups is 1. The number of amides is 1. The third-order valence-corrected chi connectivity index (χ3v) is 13.7. The minimum absolute atomic E-state index is 0.369. The molecular formula is C57H113NO5. The van der Waals surface area contributed by atoms with E-state index in [0.29, 0.717) is 12.8 Å². The summed E-state index contributed by atoms with van der Waals surface area (Å²) in [7, 11) is 0. The van der Waals surface area contributed by atoms with E-state index in [1.54, 1.807) is 0 Å². The van der Waals surface area contributed by atoms with Crippen LogP contribution in [0.15, 0.2) is 12.2 Å². The minimum atomic E-state index is -1.28. The molecule has 4 unspecified atom stereocenters. The van der Waals surface area contributed by atoms with Gasteiger partial charge in [-0.1, -0.05) is 289 Å². The first-order chi connectivity index (χ1) is 31.0. The van der Waals surface area contributed by atoms with Crippen LogP contribution < -0.4 is 5.32 Å². The third kappa shape index (κ3) is 46.0. The fraction of sp³-hybridized carbons (Fsp3) is 0.947. The van der Waals surface area contributed by atoms with Crippen molar-refractivity contribution < 1.29 is 25.2 Å². The Morgan fingerprint density at radius 1 is 0.381 bits per heavy atom. The topological polar surface area (TPSA) is 110 Å². The van der Waals surface area contributed by atoms with Crippen molar-refractivity contribution in [3.63, 3.8) is 0 Å². The second-order valence-corrected chi connectivity index (χ2v) is 20.0. The van der Waals surface area contributed by atoms with Crippen molar-refractivity contribution in [1.82, 2.24) is 5.32 Å². The second kappa shape index (κ2) is 52.0. The van der Waals surface area contributed by atoms with Gasteiger partial charge in [0.1, 0.15) is 12.2 Å². The molecule has 0 heterocycles. The van der Waals surface area contributed by atoms with Gasteiger partial charge in [-0.05, 0) is 38.5 Å². The molecule has 0 spiro atoms. The molecule has 0 bridgehead atoms. The van der Waals surface area contributed by atoms with Gasteiger partial charge in [0.05, 0.1) is 18.8 Å². The highest BCUT2D eigenvalue weighted by atomic mass is 16.3. The minimum Gasteiger partial charge on any atom is -0.394 e. The Labute approximate surface area is 393 Å². The van der Waals surface area contributed by atoms with Crippen molar-refractivity contribution >= 4 is 5.91 Å². The molecule has 0 saturated carbocycles. The first-order valence-electron chi connectivity index (χ1n) is 28.6. The van der Waals surface area contributed by atoms with E-state index in [4.69, 9.17) is 0 Å². The number of aliphatic hydroxyl groups excluding tert-OH is 4. The SMILES string of the molecule is CCCCCCCCCCCCCCCCCCCCCCC/C=C/CCCC(O)C(O)C(CO)NC(=O)C(O)CCCCCCCCCCCCCCCCCCCCCCC. The van der Waals surface area contributed by atoms with Crippen molar-refractivity contribution in [2.24, 2.45) is 0 Å². The number of hydrogen-bond donors (Lipinski definition) is 5. The normalized spacial score (nSPS) is 13.8. The van der Waals surface area contributed by atoms with E-state index >= 15 is 0 Å². The molecule has 0 aliphatic carbocycles. The zero-order chi connectivity index (χ0) is 45.9. The zero-order valence-corrected chi connectivity index (χ0v) is 42.6. The van der Waals surface area contributed by atoms with Gasteiger partial charge in [-0.25, -0.2) is 0 Å². The molecule has 0 aromatic heterocycles. The second-order valence-electron chi connectivity index (χ2n) is 20.0. The Morgan fingerprint density at radius 3 is 0.952 bits per heavy atom. The van der Waals surface area contributed by atoms with E-state index in [1.807, 2.05) is 0 Å². The molecule has 1 amide bonds. The van der Waals surface area contributed by atoms with E-state index in [9.17, 15) is 25.2 Å². The maximum absolute atomic E-state index is 12.6. The van der Waals surface area contributed by atoms with Crippen LogP contribution in [0.4, 0.5) is 0 Å². The summed E-state index contributed by atoms with van der Waals surface area (Å²) in [4.78, 5) is 12.6. The first kappa shape index (κ1) is 62.1. The number of unbranched alkanes of at least 4 members (excludes halogenated alkanes) is 42. The molecule has 0 radical (unpaired) electrons. The molecule has 0 aromatic rings. The number of nitrogens with one attached hydrogen (secondary N) is 1. The number of aliphatic hydroxyl groups is 4. The summed E-state index contributed by atoms with van der Waals surface area (Å²) in [5.74, 6) is -0.586. The average molecular weight is 893 g/mol. The van der Waals surface area contributed by atoms with Gasteiger partial charge in [-0.15, -0.1) is 0 Å². The molecule has 0 saturated heterocycles. The van der Waals surface area contributed by atoms with Crippen molar-refractivity contribution in [3.8, 4) is 0 Å². The van der Waals surface area contributed by atoms with Crippen LogP contribution in [-0.2, 0) is 4.79 Å². The first-order valence-corrected chi connectivity index (χ1v) is 28.6. The Bertz CT molecular complexity index is 913. The largest absolute Gasteiger partial charge is 0.394 e. The van der Waals surface area contributed by atoms with Gasteiger partial charge >= 0.3 is 0 Å². The summed E-state index contributed by atoms with van der Waals surface area (Å²) in [6.07, 6.45) is 61.4. The van der Waals surface area contributed by atoms with Gasteiger partial charge in [0.2, 0.25) is 5.91 Å². The van der Waals surface area contributed by atoms with Gasteiger partial charge in [0.25, 0.3) is 0 Å². The monoisotopic (exact) mass is 892 g/mol. The highest BCUT2D eigenvalue weighted by Crippen LogP contribution is 2.18. The van der Waals surface area contributed by atoms with E-state index in [1.165, 1.54) is 250 Å². The van der Waals surface area contributed by atoms with Crippen LogP contribution in [-0.4, -0.2) is 57.3 Å². The number of carbonyl (C=O) groups excluding carboxylic acids is 1. The molecule has 0 aliphatic rings. The van der Waals surface area contributed by atoms with Crippen LogP contribution in [0, 0.1) is 0 Å². The molecular weight excluding hydrogens is 779 g/mol. The molecule has 6 nitrogen and oxygen atoms in total. The van der Waals surface area contributed by atoms with Crippen LogP contribution in [0.3, 0.4) is 0 Å². The summed E-state index contributed by atoms with van der Waals surface area (Å²) in [5.41, 5.74) is 0. The van der Waals surface area contributed by atoms with Crippen LogP contribution in [0.5, 0.6) is 0 Å². The van der Waals surface area contributed by atoms with Crippen molar-refractivity contribution in [3.05, 3.63) is 12.2 Å². The fourth-order valence-corrected chi connectivity index (χ4v) is 9.23. The molecule has 0 aromatic carbocycles. The highest BCUT2D eigenvalue weighted by Gasteiger charge is 2.28. The van der Waals surface area contributed by atoms with Crippen molar-refractivity contribution in [2.45, 2.75) is 340 Å². The van der Waals surface area contributed by atoms with E-state index < -0.39 is 36.9 Å². The van der Waals surface area contributed by atoms with E-state index in [2.05, 4.69) is 31.3 Å². The Hall–Kier alpha value is -0.950. The van der Waals surface area contributed by atoms with E-state index in [0.717, 1.165) is 38.5 Å². The zero-order valence-electron chi connectivity index (χ0n) is 42.6. The maximum atomic E-state index is 12.6. The van der Waals surface area contributed by atoms with Crippen LogP contribution in [0.25, 0.3) is 0 Å². The lowest BCUT2D eigenvalue weighted by atomic mass is 10.00. The molecule has 0 aliphatic heterocycles. The Morgan fingerprint density at radius 2 is 0.651 bits per heavy atom. The van der Waals surface area contributed by atoms with Gasteiger partial charge in [-0.2, -0.15) is 0 Å². The highest BCUT2D eigenvalue weighted by molar-refractivity contribution is 5.80. The van der Waals surface area contributed by atoms with Gasteiger partial charge in [0.15, 0.2) is 0 Å². The molecule has 6 heteroatoms. The summed E-state index contributed by atoms with van der Waals surface area (Å²) >= 11 is 0. The van der Waals surface area contributed by atoms with Crippen LogP contribution in [0.1, 0.15) is 316 Å². The Balaban J connectivity index is 3.62. The van der Waals surface area contributed by atoms with Crippen molar-refractivity contribution in [1.29, 1.82) is 0 Å². The smallest absolute Gasteiger partial charge is 0.249 e. The maximum Gasteiger partial charge on any atom is 0.249 e. The number of rotatable bonds is 53. The third-order valence-electron chi connectivity index (χ3n) is 13.7. The van der Waals surface area contributed by atoms with Crippen molar-refractivity contribution in [2.75, 3.05) is 6.61 Å². The lowest BCUT2D eigenvalue weighted by molar-refractivity contribution is -0.132. The van der Waals surface area contributed by atoms with Gasteiger partial charge in [-0.3, -0.25) is 4.79 Å². The van der Waals surface area contributed by atoms with Gasteiger partial charge in [0, 0.05) is 0 Å². The number of allylic oxidation sites excluding steroid dienone is 2. The summed E-state index contributed by atoms with van der Waals surface area (Å²) in [6, 6.07) is -0.999. The molecule has 376 valence electrons. The average Bonchev–Trinajstić information content (AvgIpc) is 3.29. The molecule has 0 fully saturated rings. The molecule has 4 atom stereocenters. The van der Waals surface area contributed by atoms with E-state index in [-0.39, 0.29) is 0 Å². The Kier molecular flexibility index (Phi) is 51.2.